The fourth-order valence-electron chi connectivity index (χ4n) is 1.50. The number of H-pyrrole nitrogens is 1. The summed E-state index contributed by atoms with van der Waals surface area (Å²) in [6.45, 7) is 0. The normalized spacial score (nSPS) is 10.0. The van der Waals surface area contributed by atoms with Gasteiger partial charge in [0.15, 0.2) is 5.75 Å². The van der Waals surface area contributed by atoms with Crippen LogP contribution in [0.5, 0.6) is 5.75 Å². The third kappa shape index (κ3) is 2.79. The molecular weight excluding hydrogens is 251 g/mol. The van der Waals surface area contributed by atoms with Crippen LogP contribution in [-0.2, 0) is 0 Å². The lowest BCUT2D eigenvalue weighted by atomic mass is 10.2. The number of anilines is 1. The van der Waals surface area contributed by atoms with Crippen LogP contribution in [0.1, 0.15) is 10.5 Å². The molecule has 2 N–H and O–H groups in total. The molecule has 1 aromatic heterocycles. The molecular formula is C13H11FN2O3. The van der Waals surface area contributed by atoms with E-state index in [2.05, 4.69) is 10.3 Å². The molecule has 1 heterocycles. The van der Waals surface area contributed by atoms with Crippen LogP contribution in [0.2, 0.25) is 0 Å². The van der Waals surface area contributed by atoms with Gasteiger partial charge in [0.2, 0.25) is 5.43 Å². The maximum atomic E-state index is 13.4. The lowest BCUT2D eigenvalue weighted by Crippen LogP contribution is -2.17. The van der Waals surface area contributed by atoms with Crippen molar-refractivity contribution in [1.29, 1.82) is 0 Å². The summed E-state index contributed by atoms with van der Waals surface area (Å²) in [5.41, 5.74) is -0.363. The van der Waals surface area contributed by atoms with Gasteiger partial charge in [-0.05, 0) is 12.1 Å². The number of benzene rings is 1. The van der Waals surface area contributed by atoms with Gasteiger partial charge in [-0.25, -0.2) is 4.39 Å². The van der Waals surface area contributed by atoms with Crippen LogP contribution in [0.4, 0.5) is 10.1 Å². The summed E-state index contributed by atoms with van der Waals surface area (Å²) in [4.78, 5) is 25.9. The first kappa shape index (κ1) is 12.8. The van der Waals surface area contributed by atoms with E-state index in [-0.39, 0.29) is 17.1 Å². The number of nitrogens with one attached hydrogen (secondary N) is 2. The largest absolute Gasteiger partial charge is 0.491 e. The van der Waals surface area contributed by atoms with E-state index >= 15 is 0 Å². The van der Waals surface area contributed by atoms with Gasteiger partial charge in [-0.2, -0.15) is 0 Å². The molecule has 0 aliphatic rings. The Morgan fingerprint density at radius 1 is 1.37 bits per heavy atom. The first-order valence-electron chi connectivity index (χ1n) is 5.44. The van der Waals surface area contributed by atoms with Gasteiger partial charge in [0, 0.05) is 12.3 Å². The van der Waals surface area contributed by atoms with Crippen molar-refractivity contribution in [2.24, 2.45) is 0 Å². The Morgan fingerprint density at radius 3 is 2.74 bits per heavy atom. The van der Waals surface area contributed by atoms with Crippen molar-refractivity contribution < 1.29 is 13.9 Å². The first-order valence-corrected chi connectivity index (χ1v) is 5.44. The van der Waals surface area contributed by atoms with Crippen LogP contribution in [0, 0.1) is 5.82 Å². The summed E-state index contributed by atoms with van der Waals surface area (Å²) in [5, 5.41) is 2.37. The Kier molecular flexibility index (Phi) is 3.61. The summed E-state index contributed by atoms with van der Waals surface area (Å²) < 4.78 is 18.1. The van der Waals surface area contributed by atoms with Gasteiger partial charge in [-0.3, -0.25) is 9.59 Å². The van der Waals surface area contributed by atoms with Crippen molar-refractivity contribution >= 4 is 11.6 Å². The van der Waals surface area contributed by atoms with Crippen molar-refractivity contribution in [2.45, 2.75) is 0 Å². The van der Waals surface area contributed by atoms with E-state index in [9.17, 15) is 14.0 Å². The smallest absolute Gasteiger partial charge is 0.272 e. The van der Waals surface area contributed by atoms with E-state index in [1.165, 1.54) is 31.5 Å². The van der Waals surface area contributed by atoms with Crippen LogP contribution >= 0.6 is 0 Å². The molecule has 19 heavy (non-hydrogen) atoms. The van der Waals surface area contributed by atoms with Crippen molar-refractivity contribution in [3.63, 3.8) is 0 Å². The second kappa shape index (κ2) is 5.34. The predicted molar refractivity (Wildman–Crippen MR) is 68.0 cm³/mol. The minimum Gasteiger partial charge on any atom is -0.491 e. The Balaban J connectivity index is 2.24. The fraction of sp³-hybridized carbons (Fsp3) is 0.0769. The number of amides is 1. The number of methoxy groups -OCH3 is 1. The van der Waals surface area contributed by atoms with Crippen molar-refractivity contribution in [1.82, 2.24) is 4.98 Å². The number of aromatic amines is 1. The molecule has 0 unspecified atom stereocenters. The monoisotopic (exact) mass is 262 g/mol. The van der Waals surface area contributed by atoms with Gasteiger partial charge in [0.05, 0.1) is 12.8 Å². The van der Waals surface area contributed by atoms with Crippen LogP contribution in [0.3, 0.4) is 0 Å². The SMILES string of the molecule is COc1c[nH]c(C(=O)Nc2ccccc2F)cc1=O. The maximum absolute atomic E-state index is 13.4. The zero-order chi connectivity index (χ0) is 13.8. The number of aromatic nitrogens is 1. The average molecular weight is 262 g/mol. The standard InChI is InChI=1S/C13H11FN2O3/c1-19-12-7-15-10(6-11(12)17)13(18)16-9-5-3-2-4-8(9)14/h2-7H,1H3,(H,15,17)(H,16,18). The van der Waals surface area contributed by atoms with Gasteiger partial charge < -0.3 is 15.0 Å². The molecule has 0 atom stereocenters. The van der Waals surface area contributed by atoms with Crippen LogP contribution in [0.25, 0.3) is 0 Å². The van der Waals surface area contributed by atoms with Crippen molar-refractivity contribution in [3.8, 4) is 5.75 Å². The molecule has 2 rings (SSSR count). The molecule has 0 fully saturated rings. The average Bonchev–Trinajstić information content (AvgIpc) is 2.41. The van der Waals surface area contributed by atoms with E-state index in [1.807, 2.05) is 0 Å². The van der Waals surface area contributed by atoms with Crippen molar-refractivity contribution in [3.05, 3.63) is 58.3 Å². The zero-order valence-electron chi connectivity index (χ0n) is 10.1. The number of hydrogen-bond donors (Lipinski definition) is 2. The van der Waals surface area contributed by atoms with Crippen LogP contribution in [-0.4, -0.2) is 18.0 Å². The highest BCUT2D eigenvalue weighted by atomic mass is 19.1. The molecule has 2 aromatic rings. The molecule has 0 aliphatic heterocycles. The third-order valence-corrected chi connectivity index (χ3v) is 2.46. The summed E-state index contributed by atoms with van der Waals surface area (Å²) in [6, 6.07) is 6.85. The van der Waals surface area contributed by atoms with E-state index in [4.69, 9.17) is 4.74 Å². The molecule has 0 radical (unpaired) electrons. The highest BCUT2D eigenvalue weighted by molar-refractivity contribution is 6.02. The predicted octanol–water partition coefficient (Wildman–Crippen LogP) is 1.77. The summed E-state index contributed by atoms with van der Waals surface area (Å²) >= 11 is 0. The van der Waals surface area contributed by atoms with Crippen LogP contribution in [0.15, 0.2) is 41.3 Å². The lowest BCUT2D eigenvalue weighted by molar-refractivity contribution is 0.102. The quantitative estimate of drug-likeness (QED) is 0.885. The van der Waals surface area contributed by atoms with Gasteiger partial charge >= 0.3 is 0 Å². The number of carbonyl (C=O) groups is 1. The molecule has 1 aromatic carbocycles. The van der Waals surface area contributed by atoms with Crippen LogP contribution < -0.4 is 15.5 Å². The number of halogens is 1. The lowest BCUT2D eigenvalue weighted by Gasteiger charge is -2.06. The van der Waals surface area contributed by atoms with E-state index in [0.29, 0.717) is 0 Å². The van der Waals surface area contributed by atoms with E-state index < -0.39 is 17.2 Å². The summed E-state index contributed by atoms with van der Waals surface area (Å²) in [7, 11) is 1.35. The zero-order valence-corrected chi connectivity index (χ0v) is 10.1. The Labute approximate surface area is 108 Å². The molecule has 98 valence electrons. The molecule has 0 bridgehead atoms. The van der Waals surface area contributed by atoms with Gasteiger partial charge in [-0.1, -0.05) is 12.1 Å². The minimum absolute atomic E-state index is 0.0223. The summed E-state index contributed by atoms with van der Waals surface area (Å²) in [6.07, 6.45) is 1.28. The number of rotatable bonds is 3. The second-order valence-corrected chi connectivity index (χ2v) is 3.71. The Morgan fingerprint density at radius 2 is 2.11 bits per heavy atom. The minimum atomic E-state index is -0.607. The molecule has 0 aliphatic carbocycles. The molecule has 6 heteroatoms. The highest BCUT2D eigenvalue weighted by Crippen LogP contribution is 2.13. The number of para-hydroxylation sites is 1. The van der Waals surface area contributed by atoms with Gasteiger partial charge in [-0.15, -0.1) is 0 Å². The molecule has 5 nitrogen and oxygen atoms in total. The molecule has 0 spiro atoms. The Bertz CT molecular complexity index is 667. The number of ether oxygens (including phenoxy) is 1. The highest BCUT2D eigenvalue weighted by Gasteiger charge is 2.11. The molecule has 1 amide bonds. The van der Waals surface area contributed by atoms with Gasteiger partial charge in [0.25, 0.3) is 5.91 Å². The van der Waals surface area contributed by atoms with E-state index in [0.717, 1.165) is 6.07 Å². The molecule has 0 saturated heterocycles. The summed E-state index contributed by atoms with van der Waals surface area (Å²) in [5.74, 6) is -1.06. The van der Waals surface area contributed by atoms with E-state index in [1.54, 1.807) is 6.07 Å². The van der Waals surface area contributed by atoms with Crippen molar-refractivity contribution in [2.75, 3.05) is 12.4 Å². The molecule has 0 saturated carbocycles. The number of hydrogen-bond acceptors (Lipinski definition) is 3. The topological polar surface area (TPSA) is 71.2 Å². The number of pyridine rings is 1. The second-order valence-electron chi connectivity index (χ2n) is 3.71. The Hall–Kier alpha value is -2.63. The first-order chi connectivity index (χ1) is 9.11. The van der Waals surface area contributed by atoms with Gasteiger partial charge in [0.1, 0.15) is 11.5 Å². The maximum Gasteiger partial charge on any atom is 0.272 e. The number of carbonyl (C=O) groups excluding carboxylic acids is 1. The fourth-order valence-corrected chi connectivity index (χ4v) is 1.50. The third-order valence-electron chi connectivity index (χ3n) is 2.46.